The van der Waals surface area contributed by atoms with Crippen molar-refractivity contribution in [2.75, 3.05) is 6.54 Å². The van der Waals surface area contributed by atoms with Crippen molar-refractivity contribution in [2.45, 2.75) is 40.5 Å². The van der Waals surface area contributed by atoms with Crippen LogP contribution in [-0.4, -0.2) is 23.5 Å². The molecule has 0 rings (SSSR count). The van der Waals surface area contributed by atoms with Crippen LogP contribution >= 0.6 is 0 Å². The second kappa shape index (κ2) is 10.0. The smallest absolute Gasteiger partial charge is 0.303 e. The number of amides is 1. The Kier molecular flexibility index (Phi) is 11.0. The van der Waals surface area contributed by atoms with Gasteiger partial charge in [-0.3, -0.25) is 9.59 Å². The van der Waals surface area contributed by atoms with Gasteiger partial charge in [-0.05, 0) is 12.3 Å². The van der Waals surface area contributed by atoms with Crippen LogP contribution in [0.25, 0.3) is 0 Å². The zero-order valence-electron chi connectivity index (χ0n) is 9.46. The number of carbonyl (C=O) groups excluding carboxylic acids is 1. The maximum Gasteiger partial charge on any atom is 0.303 e. The first kappa shape index (κ1) is 15.4. The first-order chi connectivity index (χ1) is 6.36. The molecule has 0 spiro atoms. The maximum absolute atomic E-state index is 10.2. The zero-order valence-corrected chi connectivity index (χ0v) is 9.46. The number of hydrogen-bond acceptors (Lipinski definition) is 2. The minimum Gasteiger partial charge on any atom is -0.481 e. The van der Waals surface area contributed by atoms with Crippen LogP contribution in [0.5, 0.6) is 0 Å². The summed E-state index contributed by atoms with van der Waals surface area (Å²) in [6, 6.07) is 0. The topological polar surface area (TPSA) is 66.4 Å². The molecule has 14 heavy (non-hydrogen) atoms. The van der Waals surface area contributed by atoms with E-state index < -0.39 is 5.97 Å². The summed E-state index contributed by atoms with van der Waals surface area (Å²) < 4.78 is 0. The molecule has 0 fully saturated rings. The van der Waals surface area contributed by atoms with E-state index in [-0.39, 0.29) is 12.3 Å². The van der Waals surface area contributed by atoms with Crippen molar-refractivity contribution in [1.82, 2.24) is 5.32 Å². The van der Waals surface area contributed by atoms with Crippen LogP contribution in [0.2, 0.25) is 0 Å². The first-order valence-electron chi connectivity index (χ1n) is 4.82. The molecule has 2 N–H and O–H groups in total. The Morgan fingerprint density at radius 3 is 2.00 bits per heavy atom. The molecule has 0 aromatic rings. The summed E-state index contributed by atoms with van der Waals surface area (Å²) >= 11 is 0. The molecule has 0 unspecified atom stereocenters. The maximum atomic E-state index is 10.2. The van der Waals surface area contributed by atoms with Gasteiger partial charge in [-0.25, -0.2) is 0 Å². The molecule has 0 atom stereocenters. The molecule has 0 radical (unpaired) electrons. The molecule has 0 aliphatic carbocycles. The lowest BCUT2D eigenvalue weighted by Crippen LogP contribution is -2.21. The molecule has 0 aliphatic rings. The van der Waals surface area contributed by atoms with E-state index in [4.69, 9.17) is 5.11 Å². The van der Waals surface area contributed by atoms with Crippen molar-refractivity contribution in [1.29, 1.82) is 0 Å². The fourth-order valence-electron chi connectivity index (χ4n) is 0.504. The van der Waals surface area contributed by atoms with Gasteiger partial charge in [0.05, 0.1) is 0 Å². The number of hydrogen-bond donors (Lipinski definition) is 2. The Balaban J connectivity index is 0. The van der Waals surface area contributed by atoms with Crippen molar-refractivity contribution in [2.24, 2.45) is 5.92 Å². The Morgan fingerprint density at radius 2 is 1.71 bits per heavy atom. The largest absolute Gasteiger partial charge is 0.481 e. The van der Waals surface area contributed by atoms with Crippen LogP contribution in [0.1, 0.15) is 40.5 Å². The standard InChI is InChI=1S/C6H11NO3.C4H10/c1-5(8)7-4-2-3-6(9)10;1-4(2)3/h2-4H2,1H3,(H,7,8)(H,9,10);4H,1-3H3. The number of carbonyl (C=O) groups is 2. The highest BCUT2D eigenvalue weighted by Crippen LogP contribution is 1.85. The van der Waals surface area contributed by atoms with Crippen molar-refractivity contribution in [3.63, 3.8) is 0 Å². The molecular formula is C10H21NO3. The third-order valence-corrected chi connectivity index (χ3v) is 0.941. The van der Waals surface area contributed by atoms with Crippen LogP contribution < -0.4 is 5.32 Å². The van der Waals surface area contributed by atoms with E-state index >= 15 is 0 Å². The summed E-state index contributed by atoms with van der Waals surface area (Å²) in [5, 5.41) is 10.7. The number of nitrogens with one attached hydrogen (secondary N) is 1. The lowest BCUT2D eigenvalue weighted by atomic mass is 10.3. The number of rotatable bonds is 4. The van der Waals surface area contributed by atoms with Crippen LogP contribution in [0, 0.1) is 5.92 Å². The van der Waals surface area contributed by atoms with Gasteiger partial charge in [0, 0.05) is 19.9 Å². The molecule has 0 heterocycles. The minimum atomic E-state index is -0.828. The monoisotopic (exact) mass is 203 g/mol. The van der Waals surface area contributed by atoms with E-state index in [0.717, 1.165) is 5.92 Å². The average molecular weight is 203 g/mol. The molecular weight excluding hydrogens is 182 g/mol. The van der Waals surface area contributed by atoms with Crippen LogP contribution in [0.15, 0.2) is 0 Å². The second-order valence-electron chi connectivity index (χ2n) is 3.71. The molecule has 0 aromatic heterocycles. The van der Waals surface area contributed by atoms with Gasteiger partial charge >= 0.3 is 5.97 Å². The van der Waals surface area contributed by atoms with E-state index in [1.54, 1.807) is 0 Å². The summed E-state index contributed by atoms with van der Waals surface area (Å²) in [6.07, 6.45) is 0.606. The highest BCUT2D eigenvalue weighted by Gasteiger charge is 1.95. The van der Waals surface area contributed by atoms with Gasteiger partial charge in [0.25, 0.3) is 0 Å². The molecule has 4 nitrogen and oxygen atoms in total. The molecule has 0 saturated heterocycles. The van der Waals surface area contributed by atoms with Gasteiger partial charge in [0.2, 0.25) is 5.91 Å². The molecule has 0 aromatic carbocycles. The Hall–Kier alpha value is -1.06. The van der Waals surface area contributed by atoms with Gasteiger partial charge in [-0.1, -0.05) is 20.8 Å². The van der Waals surface area contributed by atoms with Crippen molar-refractivity contribution < 1.29 is 14.7 Å². The van der Waals surface area contributed by atoms with E-state index in [2.05, 4.69) is 26.1 Å². The Morgan fingerprint density at radius 1 is 1.29 bits per heavy atom. The molecule has 4 heteroatoms. The van der Waals surface area contributed by atoms with Crippen molar-refractivity contribution in [3.05, 3.63) is 0 Å². The lowest BCUT2D eigenvalue weighted by molar-refractivity contribution is -0.137. The van der Waals surface area contributed by atoms with Crippen molar-refractivity contribution in [3.8, 4) is 0 Å². The quantitative estimate of drug-likeness (QED) is 0.683. The summed E-state index contributed by atoms with van der Waals surface area (Å²) in [5.74, 6) is -0.115. The average Bonchev–Trinajstić information content (AvgIpc) is 1.96. The highest BCUT2D eigenvalue weighted by molar-refractivity contribution is 5.72. The molecule has 0 saturated carbocycles. The van der Waals surface area contributed by atoms with E-state index in [1.165, 1.54) is 6.92 Å². The SMILES string of the molecule is CC(=O)NCCCC(=O)O.CC(C)C. The van der Waals surface area contributed by atoms with E-state index in [0.29, 0.717) is 13.0 Å². The van der Waals surface area contributed by atoms with Crippen LogP contribution in [0.3, 0.4) is 0 Å². The minimum absolute atomic E-state index is 0.111. The van der Waals surface area contributed by atoms with Crippen LogP contribution in [-0.2, 0) is 9.59 Å². The molecule has 0 bridgehead atoms. The number of carboxylic acid groups (broad SMARTS) is 1. The number of aliphatic carboxylic acids is 1. The third-order valence-electron chi connectivity index (χ3n) is 0.941. The highest BCUT2D eigenvalue weighted by atomic mass is 16.4. The molecule has 84 valence electrons. The first-order valence-corrected chi connectivity index (χ1v) is 4.82. The fourth-order valence-corrected chi connectivity index (χ4v) is 0.504. The summed E-state index contributed by atoms with van der Waals surface area (Å²) in [5.41, 5.74) is 0. The van der Waals surface area contributed by atoms with Gasteiger partial charge in [-0.15, -0.1) is 0 Å². The molecule has 0 aliphatic heterocycles. The van der Waals surface area contributed by atoms with Gasteiger partial charge in [0.15, 0.2) is 0 Å². The predicted octanol–water partition coefficient (Wildman–Crippen LogP) is 1.65. The van der Waals surface area contributed by atoms with E-state index in [9.17, 15) is 9.59 Å². The van der Waals surface area contributed by atoms with Gasteiger partial charge in [-0.2, -0.15) is 0 Å². The predicted molar refractivity (Wildman–Crippen MR) is 56.1 cm³/mol. The lowest BCUT2D eigenvalue weighted by Gasteiger charge is -1.97. The Bertz CT molecular complexity index is 148. The van der Waals surface area contributed by atoms with Gasteiger partial charge < -0.3 is 10.4 Å². The third kappa shape index (κ3) is 30.6. The van der Waals surface area contributed by atoms with Gasteiger partial charge in [0.1, 0.15) is 0 Å². The van der Waals surface area contributed by atoms with Crippen LogP contribution in [0.4, 0.5) is 0 Å². The zero-order chi connectivity index (χ0) is 11.6. The second-order valence-corrected chi connectivity index (χ2v) is 3.71. The molecule has 1 amide bonds. The summed E-state index contributed by atoms with van der Waals surface area (Å²) in [4.78, 5) is 20.2. The van der Waals surface area contributed by atoms with E-state index in [1.807, 2.05) is 0 Å². The number of carboxylic acids is 1. The summed E-state index contributed by atoms with van der Waals surface area (Å²) in [6.45, 7) is 8.35. The van der Waals surface area contributed by atoms with Crippen molar-refractivity contribution >= 4 is 11.9 Å². The fraction of sp³-hybridized carbons (Fsp3) is 0.800. The Labute approximate surface area is 85.7 Å². The summed E-state index contributed by atoms with van der Waals surface area (Å²) in [7, 11) is 0. The normalized spacial score (nSPS) is 8.93.